The largest absolute Gasteiger partial charge is 0.477 e. The van der Waals surface area contributed by atoms with Crippen molar-refractivity contribution in [3.63, 3.8) is 0 Å². The fourth-order valence-electron chi connectivity index (χ4n) is 3.83. The van der Waals surface area contributed by atoms with Gasteiger partial charge < -0.3 is 10.3 Å². The van der Waals surface area contributed by atoms with E-state index < -0.39 is 17.7 Å². The molecule has 2 aromatic carbocycles. The van der Waals surface area contributed by atoms with E-state index in [1.165, 1.54) is 6.07 Å². The van der Waals surface area contributed by atoms with Gasteiger partial charge in [0.05, 0.1) is 5.71 Å². The minimum Gasteiger partial charge on any atom is -0.477 e. The van der Waals surface area contributed by atoms with Crippen LogP contribution >= 0.6 is 22.9 Å². The van der Waals surface area contributed by atoms with Crippen molar-refractivity contribution < 1.29 is 19.5 Å². The van der Waals surface area contributed by atoms with Crippen molar-refractivity contribution in [1.29, 1.82) is 0 Å². The lowest BCUT2D eigenvalue weighted by Gasteiger charge is -2.20. The van der Waals surface area contributed by atoms with Crippen LogP contribution in [0.2, 0.25) is 5.02 Å². The number of halogens is 2. The zero-order valence-electron chi connectivity index (χ0n) is 18.1. The van der Waals surface area contributed by atoms with Crippen molar-refractivity contribution in [2.24, 2.45) is 5.16 Å². The molecule has 4 aromatic rings. The SMILES string of the molecule is Cc1cc(/C(CC(c2ccc(-c3csc(C(=O)O)c3)cc2)c2ccc(Cl)cc2F)=N/O)ccn1. The van der Waals surface area contributed by atoms with E-state index in [0.717, 1.165) is 33.7 Å². The van der Waals surface area contributed by atoms with Crippen LogP contribution in [-0.2, 0) is 0 Å². The minimum atomic E-state index is -0.965. The molecule has 0 radical (unpaired) electrons. The number of rotatable bonds is 7. The number of pyridine rings is 1. The summed E-state index contributed by atoms with van der Waals surface area (Å²) in [5.74, 6) is -1.87. The first-order valence-electron chi connectivity index (χ1n) is 10.4. The van der Waals surface area contributed by atoms with Gasteiger partial charge in [-0.1, -0.05) is 47.1 Å². The highest BCUT2D eigenvalue weighted by Gasteiger charge is 2.22. The van der Waals surface area contributed by atoms with Gasteiger partial charge in [-0.15, -0.1) is 11.3 Å². The van der Waals surface area contributed by atoms with Crippen LogP contribution in [0.5, 0.6) is 0 Å². The molecule has 2 N–H and O–H groups in total. The second kappa shape index (κ2) is 10.2. The first-order chi connectivity index (χ1) is 16.4. The Hall–Kier alpha value is -3.55. The maximum atomic E-state index is 15.0. The molecule has 2 aromatic heterocycles. The van der Waals surface area contributed by atoms with E-state index in [9.17, 15) is 19.5 Å². The summed E-state index contributed by atoms with van der Waals surface area (Å²) in [4.78, 5) is 15.6. The molecule has 0 aliphatic carbocycles. The molecule has 0 aliphatic rings. The highest BCUT2D eigenvalue weighted by atomic mass is 35.5. The second-order valence-electron chi connectivity index (χ2n) is 7.78. The molecule has 0 aliphatic heterocycles. The molecule has 0 bridgehead atoms. The Bertz CT molecular complexity index is 1370. The summed E-state index contributed by atoms with van der Waals surface area (Å²) >= 11 is 7.14. The van der Waals surface area contributed by atoms with Crippen LogP contribution in [0.4, 0.5) is 4.39 Å². The standard InChI is InChI=1S/C26H20ClFN2O3S/c1-15-10-18(8-9-29-15)24(30-33)13-22(21-7-6-20(27)12-23(21)28)17-4-2-16(3-5-17)19-11-25(26(31)32)34-14-19/h2-12,14,22,33H,13H2,1H3,(H,31,32)/b30-24+. The number of carboxylic acid groups (broad SMARTS) is 1. The second-order valence-corrected chi connectivity index (χ2v) is 9.13. The van der Waals surface area contributed by atoms with E-state index in [2.05, 4.69) is 10.1 Å². The molecule has 34 heavy (non-hydrogen) atoms. The highest BCUT2D eigenvalue weighted by Crippen LogP contribution is 2.34. The minimum absolute atomic E-state index is 0.236. The molecule has 4 rings (SSSR count). The molecule has 0 saturated carbocycles. The predicted molar refractivity (Wildman–Crippen MR) is 132 cm³/mol. The van der Waals surface area contributed by atoms with Crippen molar-refractivity contribution in [2.45, 2.75) is 19.3 Å². The maximum absolute atomic E-state index is 15.0. The van der Waals surface area contributed by atoms with E-state index in [-0.39, 0.29) is 11.3 Å². The van der Waals surface area contributed by atoms with Gasteiger partial charge in [-0.3, -0.25) is 4.98 Å². The number of benzene rings is 2. The lowest BCUT2D eigenvalue weighted by molar-refractivity contribution is 0.0702. The van der Waals surface area contributed by atoms with E-state index in [0.29, 0.717) is 21.9 Å². The van der Waals surface area contributed by atoms with Crippen molar-refractivity contribution in [3.05, 3.63) is 110 Å². The summed E-state index contributed by atoms with van der Waals surface area (Å²) in [7, 11) is 0. The molecule has 0 spiro atoms. The Balaban J connectivity index is 1.72. The normalized spacial score (nSPS) is 12.5. The molecule has 0 saturated heterocycles. The number of carbonyl (C=O) groups is 1. The van der Waals surface area contributed by atoms with Crippen LogP contribution in [0.25, 0.3) is 11.1 Å². The molecule has 172 valence electrons. The third-order valence-corrected chi connectivity index (χ3v) is 6.70. The zero-order chi connectivity index (χ0) is 24.2. The van der Waals surface area contributed by atoms with Gasteiger partial charge in [0.2, 0.25) is 0 Å². The first-order valence-corrected chi connectivity index (χ1v) is 11.6. The van der Waals surface area contributed by atoms with E-state index in [1.54, 1.807) is 35.8 Å². The van der Waals surface area contributed by atoms with Gasteiger partial charge in [0.25, 0.3) is 0 Å². The molecule has 1 atom stereocenters. The molecule has 2 heterocycles. The van der Waals surface area contributed by atoms with Gasteiger partial charge in [0.1, 0.15) is 10.7 Å². The number of hydrogen-bond donors (Lipinski definition) is 2. The smallest absolute Gasteiger partial charge is 0.345 e. The summed E-state index contributed by atoms with van der Waals surface area (Å²) < 4.78 is 15.0. The number of aryl methyl sites for hydroxylation is 1. The summed E-state index contributed by atoms with van der Waals surface area (Å²) in [6.45, 7) is 1.84. The lowest BCUT2D eigenvalue weighted by atomic mass is 9.84. The fraction of sp³-hybridized carbons (Fsp3) is 0.115. The zero-order valence-corrected chi connectivity index (χ0v) is 19.6. The molecule has 0 amide bonds. The van der Waals surface area contributed by atoms with Gasteiger partial charge in [-0.05, 0) is 64.9 Å². The molecular weight excluding hydrogens is 475 g/mol. The Morgan fingerprint density at radius 3 is 2.50 bits per heavy atom. The Kier molecular flexibility index (Phi) is 7.05. The molecule has 1 unspecified atom stereocenters. The van der Waals surface area contributed by atoms with Gasteiger partial charge >= 0.3 is 5.97 Å². The number of hydrogen-bond acceptors (Lipinski definition) is 5. The quantitative estimate of drug-likeness (QED) is 0.164. The average molecular weight is 495 g/mol. The van der Waals surface area contributed by atoms with Crippen molar-refractivity contribution >= 4 is 34.6 Å². The number of aromatic carboxylic acids is 1. The van der Waals surface area contributed by atoms with Gasteiger partial charge in [0, 0.05) is 34.8 Å². The number of oxime groups is 1. The van der Waals surface area contributed by atoms with Crippen LogP contribution in [0.3, 0.4) is 0 Å². The molecule has 8 heteroatoms. The third-order valence-electron chi connectivity index (χ3n) is 5.54. The summed E-state index contributed by atoms with van der Waals surface area (Å²) in [5, 5.41) is 24.5. The van der Waals surface area contributed by atoms with Crippen molar-refractivity contribution in [1.82, 2.24) is 4.98 Å². The summed E-state index contributed by atoms with van der Waals surface area (Å²) in [6.07, 6.45) is 1.87. The number of carboxylic acids is 1. The van der Waals surface area contributed by atoms with Crippen molar-refractivity contribution in [3.8, 4) is 11.1 Å². The summed E-state index contributed by atoms with van der Waals surface area (Å²) in [6, 6.07) is 17.2. The maximum Gasteiger partial charge on any atom is 0.345 e. The highest BCUT2D eigenvalue weighted by molar-refractivity contribution is 7.12. The van der Waals surface area contributed by atoms with E-state index >= 15 is 0 Å². The van der Waals surface area contributed by atoms with Crippen molar-refractivity contribution in [2.75, 3.05) is 0 Å². The van der Waals surface area contributed by atoms with E-state index in [1.807, 2.05) is 37.3 Å². The Morgan fingerprint density at radius 2 is 1.88 bits per heavy atom. The fourth-order valence-corrected chi connectivity index (χ4v) is 4.75. The number of aromatic nitrogens is 1. The Morgan fingerprint density at radius 1 is 1.12 bits per heavy atom. The summed E-state index contributed by atoms with van der Waals surface area (Å²) in [5.41, 5.74) is 4.76. The van der Waals surface area contributed by atoms with E-state index in [4.69, 9.17) is 11.6 Å². The van der Waals surface area contributed by atoms with Gasteiger partial charge in [0.15, 0.2) is 0 Å². The predicted octanol–water partition coefficient (Wildman–Crippen LogP) is 7.01. The van der Waals surface area contributed by atoms with Crippen LogP contribution in [0.1, 0.15) is 44.4 Å². The van der Waals surface area contributed by atoms with Gasteiger partial charge in [-0.2, -0.15) is 0 Å². The molecular formula is C26H20ClFN2O3S. The monoisotopic (exact) mass is 494 g/mol. The number of nitrogens with zero attached hydrogens (tertiary/aromatic N) is 2. The Labute approximate surface area is 204 Å². The topological polar surface area (TPSA) is 82.8 Å². The van der Waals surface area contributed by atoms with Crippen LogP contribution in [0, 0.1) is 12.7 Å². The van der Waals surface area contributed by atoms with Gasteiger partial charge in [-0.25, -0.2) is 9.18 Å². The first kappa shape index (κ1) is 23.6. The average Bonchev–Trinajstić information content (AvgIpc) is 3.32. The third kappa shape index (κ3) is 5.16. The van der Waals surface area contributed by atoms with Crippen LogP contribution in [-0.4, -0.2) is 27.0 Å². The molecule has 5 nitrogen and oxygen atoms in total. The van der Waals surface area contributed by atoms with Crippen LogP contribution in [0.15, 0.2) is 77.4 Å². The molecule has 0 fully saturated rings. The lowest BCUT2D eigenvalue weighted by Crippen LogP contribution is -2.12. The number of thiophene rings is 1. The van der Waals surface area contributed by atoms with Crippen LogP contribution < -0.4 is 0 Å².